The smallest absolute Gasteiger partial charge is 0.318 e. The molecule has 4 aliphatic heterocycles. The van der Waals surface area contributed by atoms with Crippen molar-refractivity contribution in [2.24, 2.45) is 0 Å². The quantitative estimate of drug-likeness (QED) is 0.308. The molecule has 0 radical (unpaired) electrons. The number of hydrogen-bond acceptors (Lipinski definition) is 8. The average Bonchev–Trinajstić information content (AvgIpc) is 3.64. The van der Waals surface area contributed by atoms with Crippen LogP contribution in [0.1, 0.15) is 73.6 Å². The number of carbonyl (C=O) groups is 1. The number of benzene rings is 2. The Morgan fingerprint density at radius 3 is 2.65 bits per heavy atom. The molecule has 0 bridgehead atoms. The van der Waals surface area contributed by atoms with Crippen molar-refractivity contribution in [1.29, 1.82) is 5.26 Å². The zero-order valence-electron chi connectivity index (χ0n) is 26.7. The fourth-order valence-corrected chi connectivity index (χ4v) is 8.32. The summed E-state index contributed by atoms with van der Waals surface area (Å²) in [5.74, 6) is -1.09. The summed E-state index contributed by atoms with van der Waals surface area (Å²) >= 11 is 0. The van der Waals surface area contributed by atoms with E-state index in [1.165, 1.54) is 34.1 Å². The lowest BCUT2D eigenvalue weighted by molar-refractivity contribution is -0.131. The third-order valence-corrected chi connectivity index (χ3v) is 10.5. The Hall–Kier alpha value is -4.07. The second-order valence-electron chi connectivity index (χ2n) is 13.3. The van der Waals surface area contributed by atoms with Crippen molar-refractivity contribution in [2.45, 2.75) is 76.2 Å². The van der Waals surface area contributed by atoms with Gasteiger partial charge in [-0.3, -0.25) is 9.69 Å². The van der Waals surface area contributed by atoms with E-state index in [0.717, 1.165) is 42.8 Å². The molecule has 0 unspecified atom stereocenters. The van der Waals surface area contributed by atoms with Crippen LogP contribution in [0.3, 0.4) is 0 Å². The van der Waals surface area contributed by atoms with Gasteiger partial charge in [-0.05, 0) is 74.5 Å². The third-order valence-electron chi connectivity index (χ3n) is 10.5. The maximum atomic E-state index is 13.9. The summed E-state index contributed by atoms with van der Waals surface area (Å²) in [7, 11) is 0. The summed E-state index contributed by atoms with van der Waals surface area (Å²) in [6.07, 6.45) is 4.67. The van der Waals surface area contributed by atoms with Crippen molar-refractivity contribution in [1.82, 2.24) is 19.8 Å². The summed E-state index contributed by atoms with van der Waals surface area (Å²) in [5.41, 5.74) is 4.15. The summed E-state index contributed by atoms with van der Waals surface area (Å²) in [6.45, 7) is 11.1. The second kappa shape index (κ2) is 12.3. The molecule has 0 spiro atoms. The monoisotopic (exact) mass is 624 g/mol. The maximum absolute atomic E-state index is 13.9. The molecule has 3 fully saturated rings. The number of nitrogens with zero attached hydrogens (tertiary/aromatic N) is 6. The van der Waals surface area contributed by atoms with E-state index in [0.29, 0.717) is 37.9 Å². The molecule has 10 heteroatoms. The summed E-state index contributed by atoms with van der Waals surface area (Å²) in [4.78, 5) is 28.7. The molecule has 0 N–H and O–H groups in total. The van der Waals surface area contributed by atoms with Gasteiger partial charge in [-0.25, -0.2) is 4.39 Å². The van der Waals surface area contributed by atoms with Crippen LogP contribution in [0.15, 0.2) is 48.8 Å². The average molecular weight is 625 g/mol. The van der Waals surface area contributed by atoms with E-state index >= 15 is 0 Å². The molecule has 4 aliphatic rings. The zero-order chi connectivity index (χ0) is 32.0. The van der Waals surface area contributed by atoms with E-state index in [2.05, 4.69) is 65.8 Å². The molecule has 3 aromatic rings. The van der Waals surface area contributed by atoms with Gasteiger partial charge >= 0.3 is 6.01 Å². The van der Waals surface area contributed by atoms with Gasteiger partial charge in [0, 0.05) is 31.6 Å². The zero-order valence-corrected chi connectivity index (χ0v) is 26.7. The highest BCUT2D eigenvalue weighted by molar-refractivity contribution is 5.91. The van der Waals surface area contributed by atoms with Gasteiger partial charge < -0.3 is 19.3 Å². The number of ether oxygens (including phenoxy) is 2. The fraction of sp³-hybridized carbons (Fsp3) is 0.500. The Morgan fingerprint density at radius 1 is 1.15 bits per heavy atom. The molecular weight excluding hydrogens is 583 g/mol. The van der Waals surface area contributed by atoms with Crippen LogP contribution in [0.2, 0.25) is 0 Å². The Kier molecular flexibility index (Phi) is 8.16. The lowest BCUT2D eigenvalue weighted by Crippen LogP contribution is -2.55. The Balaban J connectivity index is 1.26. The summed E-state index contributed by atoms with van der Waals surface area (Å²) < 4.78 is 27.2. The molecule has 46 heavy (non-hydrogen) atoms. The number of aryl methyl sites for hydroxylation is 1. The van der Waals surface area contributed by atoms with Gasteiger partial charge in [0.1, 0.15) is 12.4 Å². The Bertz CT molecular complexity index is 1710. The van der Waals surface area contributed by atoms with E-state index in [4.69, 9.17) is 19.4 Å². The van der Waals surface area contributed by atoms with Crippen LogP contribution >= 0.6 is 0 Å². The number of fused-ring (bicyclic) bond motifs is 3. The molecule has 1 amide bonds. The first kappa shape index (κ1) is 30.6. The second-order valence-corrected chi connectivity index (χ2v) is 13.3. The van der Waals surface area contributed by atoms with E-state index in [-0.39, 0.29) is 30.7 Å². The molecule has 7 rings (SSSR count). The van der Waals surface area contributed by atoms with Crippen LogP contribution < -0.4 is 9.64 Å². The number of piperazine rings is 1. The van der Waals surface area contributed by atoms with Crippen molar-refractivity contribution >= 4 is 22.5 Å². The number of anilines is 1. The van der Waals surface area contributed by atoms with Crippen molar-refractivity contribution < 1.29 is 18.7 Å². The van der Waals surface area contributed by atoms with Gasteiger partial charge in [0.05, 0.1) is 42.0 Å². The minimum absolute atomic E-state index is 0.0392. The molecule has 0 saturated carbocycles. The minimum Gasteiger partial charge on any atom is -0.461 e. The third kappa shape index (κ3) is 5.39. The van der Waals surface area contributed by atoms with Crippen LogP contribution in [-0.4, -0.2) is 76.6 Å². The SMILES string of the molecule is C=C(F)C(=O)N1CCN(c2nc(OCC34CCCN3CCC4)nc3c2[C@H](C)O[C@H](c2cccc4cccc(C)c24)C3)C[C@@H]1CC#N. The molecule has 240 valence electrons. The molecule has 0 aliphatic carbocycles. The maximum Gasteiger partial charge on any atom is 0.318 e. The van der Waals surface area contributed by atoms with Gasteiger partial charge in [0.25, 0.3) is 5.91 Å². The van der Waals surface area contributed by atoms with E-state index in [1.54, 1.807) is 0 Å². The first-order valence-corrected chi connectivity index (χ1v) is 16.5. The van der Waals surface area contributed by atoms with Crippen molar-refractivity contribution in [3.05, 3.63) is 71.2 Å². The van der Waals surface area contributed by atoms with E-state index in [9.17, 15) is 14.4 Å². The topological polar surface area (TPSA) is 94.8 Å². The molecule has 9 nitrogen and oxygen atoms in total. The van der Waals surface area contributed by atoms with Crippen LogP contribution in [0, 0.1) is 18.3 Å². The number of rotatable bonds is 7. The number of aromatic nitrogens is 2. The highest BCUT2D eigenvalue weighted by Gasteiger charge is 2.45. The summed E-state index contributed by atoms with van der Waals surface area (Å²) in [5, 5.41) is 12.0. The Morgan fingerprint density at radius 2 is 1.91 bits per heavy atom. The van der Waals surface area contributed by atoms with E-state index < -0.39 is 17.8 Å². The number of amides is 1. The van der Waals surface area contributed by atoms with Crippen LogP contribution in [0.5, 0.6) is 6.01 Å². The normalized spacial score (nSPS) is 24.0. The van der Waals surface area contributed by atoms with Crippen LogP contribution in [0.25, 0.3) is 10.8 Å². The molecule has 5 heterocycles. The Labute approximate surface area is 269 Å². The lowest BCUT2D eigenvalue weighted by Gasteiger charge is -2.42. The first-order valence-electron chi connectivity index (χ1n) is 16.5. The lowest BCUT2D eigenvalue weighted by atomic mass is 9.91. The van der Waals surface area contributed by atoms with Gasteiger partial charge in [-0.15, -0.1) is 0 Å². The van der Waals surface area contributed by atoms with Crippen molar-refractivity contribution in [3.8, 4) is 12.1 Å². The highest BCUT2D eigenvalue weighted by Crippen LogP contribution is 2.44. The van der Waals surface area contributed by atoms with Crippen molar-refractivity contribution in [2.75, 3.05) is 44.2 Å². The molecule has 2 aromatic carbocycles. The number of halogens is 1. The predicted octanol–water partition coefficient (Wildman–Crippen LogP) is 5.73. The molecule has 3 saturated heterocycles. The highest BCUT2D eigenvalue weighted by atomic mass is 19.1. The fourth-order valence-electron chi connectivity index (χ4n) is 8.32. The number of carbonyl (C=O) groups excluding carboxylic acids is 1. The van der Waals surface area contributed by atoms with Crippen molar-refractivity contribution in [3.63, 3.8) is 0 Å². The largest absolute Gasteiger partial charge is 0.461 e. The molecular formula is C36H41FN6O3. The predicted molar refractivity (Wildman–Crippen MR) is 173 cm³/mol. The van der Waals surface area contributed by atoms with E-state index in [1.807, 2.05) is 6.92 Å². The van der Waals surface area contributed by atoms with Gasteiger partial charge in [0.2, 0.25) is 0 Å². The standard InChI is InChI=1S/C36H41FN6O3/c1-23-8-4-9-26-10-5-11-28(31(23)26)30-20-29-32(25(3)46-30)33(41-18-19-43(34(44)24(2)37)27(21-41)12-15-38)40-35(39-29)45-22-36-13-6-16-42(36)17-7-14-36/h4-5,8-11,25,27,30H,2,6-7,12-14,16-22H2,1,3H3/t25-,27-,30-/m0/s1. The number of nitriles is 1. The first-order chi connectivity index (χ1) is 22.3. The summed E-state index contributed by atoms with van der Waals surface area (Å²) in [6, 6.07) is 14.7. The van der Waals surface area contributed by atoms with Crippen LogP contribution in [-0.2, 0) is 16.0 Å². The minimum atomic E-state index is -1.02. The van der Waals surface area contributed by atoms with Gasteiger partial charge in [-0.2, -0.15) is 15.2 Å². The molecule has 1 aromatic heterocycles. The number of hydrogen-bond donors (Lipinski definition) is 0. The van der Waals surface area contributed by atoms with Crippen LogP contribution in [0.4, 0.5) is 10.2 Å². The van der Waals surface area contributed by atoms with Gasteiger partial charge in [0.15, 0.2) is 5.83 Å². The molecule has 3 atom stereocenters. The van der Waals surface area contributed by atoms with Gasteiger partial charge in [-0.1, -0.05) is 43.0 Å².